The summed E-state index contributed by atoms with van der Waals surface area (Å²) >= 11 is 12.1. The van der Waals surface area contributed by atoms with E-state index in [0.717, 1.165) is 6.42 Å². The number of rotatable bonds is 7. The highest BCUT2D eigenvalue weighted by molar-refractivity contribution is 7.89. The van der Waals surface area contributed by atoms with Crippen molar-refractivity contribution in [1.29, 1.82) is 0 Å². The van der Waals surface area contributed by atoms with Crippen LogP contribution in [0.3, 0.4) is 0 Å². The first-order valence-electron chi connectivity index (χ1n) is 9.56. The van der Waals surface area contributed by atoms with E-state index in [2.05, 4.69) is 0 Å². The van der Waals surface area contributed by atoms with Crippen molar-refractivity contribution in [2.24, 2.45) is 5.92 Å². The van der Waals surface area contributed by atoms with E-state index in [1.54, 1.807) is 19.1 Å². The predicted molar refractivity (Wildman–Crippen MR) is 111 cm³/mol. The smallest absolute Gasteiger partial charge is 0.244 e. The summed E-state index contributed by atoms with van der Waals surface area (Å²) in [5.74, 6) is -0.336. The van der Waals surface area contributed by atoms with Crippen molar-refractivity contribution >= 4 is 39.1 Å². The second-order valence-corrected chi connectivity index (χ2v) is 10.2. The maximum atomic E-state index is 13.6. The number of amides is 1. The average Bonchev–Trinajstić information content (AvgIpc) is 2.74. The Morgan fingerprint density at radius 1 is 1.10 bits per heavy atom. The lowest BCUT2D eigenvalue weighted by Gasteiger charge is -2.40. The molecule has 1 amide bonds. The van der Waals surface area contributed by atoms with Crippen molar-refractivity contribution in [3.63, 3.8) is 0 Å². The van der Waals surface area contributed by atoms with Crippen molar-refractivity contribution in [3.8, 4) is 0 Å². The maximum Gasteiger partial charge on any atom is 0.244 e. The van der Waals surface area contributed by atoms with Gasteiger partial charge in [-0.3, -0.25) is 4.79 Å². The molecule has 2 aliphatic heterocycles. The molecule has 162 valence electrons. The number of benzene rings is 1. The lowest BCUT2D eigenvalue weighted by atomic mass is 9.91. The second kappa shape index (κ2) is 9.49. The van der Waals surface area contributed by atoms with Crippen LogP contribution >= 0.6 is 23.2 Å². The first-order chi connectivity index (χ1) is 13.8. The number of sulfonamides is 1. The monoisotopic (exact) mass is 464 g/mol. The first-order valence-corrected chi connectivity index (χ1v) is 11.8. The van der Waals surface area contributed by atoms with Gasteiger partial charge in [-0.2, -0.15) is 4.31 Å². The molecule has 2 bridgehead atoms. The summed E-state index contributed by atoms with van der Waals surface area (Å²) in [5, 5.41) is 0.468. The summed E-state index contributed by atoms with van der Waals surface area (Å²) in [6.07, 6.45) is 1.93. The summed E-state index contributed by atoms with van der Waals surface area (Å²) in [6.45, 7) is 1.59. The van der Waals surface area contributed by atoms with E-state index in [0.29, 0.717) is 39.1 Å². The van der Waals surface area contributed by atoms with Crippen molar-refractivity contribution in [2.75, 3.05) is 40.5 Å². The lowest BCUT2D eigenvalue weighted by molar-refractivity contribution is -0.135. The standard InChI is InChI=1S/C19H26Cl2N2O5S/c1-27-7-6-22-11-13(12-28-2)17-4-3-5-18(19(22)24)23(17)29(25,26)16-9-14(20)8-15(21)10-16/h8-10,13,17-18H,3-7,11-12H2,1-2H3/t13-,17+,18-/m0/s1. The molecule has 0 saturated carbocycles. The zero-order valence-electron chi connectivity index (χ0n) is 16.5. The van der Waals surface area contributed by atoms with Crippen LogP contribution in [0.5, 0.6) is 0 Å². The number of fused-ring (bicyclic) bond motifs is 2. The number of ether oxygens (including phenoxy) is 2. The van der Waals surface area contributed by atoms with Gasteiger partial charge >= 0.3 is 0 Å². The van der Waals surface area contributed by atoms with Crippen LogP contribution < -0.4 is 0 Å². The number of hydrogen-bond acceptors (Lipinski definition) is 5. The van der Waals surface area contributed by atoms with Crippen LogP contribution in [-0.2, 0) is 24.3 Å². The number of methoxy groups -OCH3 is 2. The Kier molecular flexibility index (Phi) is 7.46. The first kappa shape index (κ1) is 22.8. The molecule has 2 aliphatic rings. The zero-order chi connectivity index (χ0) is 21.2. The van der Waals surface area contributed by atoms with E-state index < -0.39 is 16.1 Å². The molecule has 0 N–H and O–H groups in total. The van der Waals surface area contributed by atoms with Crippen LogP contribution in [0.2, 0.25) is 10.0 Å². The van der Waals surface area contributed by atoms with Gasteiger partial charge in [-0.05, 0) is 37.5 Å². The van der Waals surface area contributed by atoms with Crippen LogP contribution in [0, 0.1) is 5.92 Å². The van der Waals surface area contributed by atoms with Gasteiger partial charge in [0.15, 0.2) is 0 Å². The highest BCUT2D eigenvalue weighted by atomic mass is 35.5. The molecular weight excluding hydrogens is 439 g/mol. The van der Waals surface area contributed by atoms with E-state index in [4.69, 9.17) is 32.7 Å². The molecule has 7 nitrogen and oxygen atoms in total. The van der Waals surface area contributed by atoms with E-state index in [-0.39, 0.29) is 32.8 Å². The fourth-order valence-corrected chi connectivity index (χ4v) is 6.93. The number of piperidine rings is 1. The normalized spacial score (nSPS) is 25.9. The SMILES string of the molecule is COCCN1C[C@@H](COC)[C@H]2CCC[C@@H](C1=O)N2S(=O)(=O)c1cc(Cl)cc(Cl)c1. The summed E-state index contributed by atoms with van der Waals surface area (Å²) < 4.78 is 39.2. The minimum Gasteiger partial charge on any atom is -0.384 e. The van der Waals surface area contributed by atoms with Gasteiger partial charge in [-0.25, -0.2) is 8.42 Å². The fourth-order valence-electron chi connectivity index (χ4n) is 4.31. The molecule has 0 radical (unpaired) electrons. The van der Waals surface area contributed by atoms with Gasteiger partial charge in [0.1, 0.15) is 6.04 Å². The Morgan fingerprint density at radius 2 is 1.79 bits per heavy atom. The van der Waals surface area contributed by atoms with E-state index >= 15 is 0 Å². The quantitative estimate of drug-likeness (QED) is 0.619. The van der Waals surface area contributed by atoms with Crippen molar-refractivity contribution < 1.29 is 22.7 Å². The highest BCUT2D eigenvalue weighted by Gasteiger charge is 2.50. The Morgan fingerprint density at radius 3 is 2.41 bits per heavy atom. The number of carbonyl (C=O) groups is 1. The molecule has 3 rings (SSSR count). The molecule has 1 aromatic rings. The third-order valence-electron chi connectivity index (χ3n) is 5.56. The van der Waals surface area contributed by atoms with E-state index in [9.17, 15) is 13.2 Å². The summed E-state index contributed by atoms with van der Waals surface area (Å²) in [5.41, 5.74) is 0. The minimum atomic E-state index is -3.99. The number of hydrogen-bond donors (Lipinski definition) is 0. The molecule has 0 spiro atoms. The van der Waals surface area contributed by atoms with Crippen molar-refractivity contribution in [1.82, 2.24) is 9.21 Å². The number of nitrogens with zero attached hydrogens (tertiary/aromatic N) is 2. The molecule has 0 unspecified atom stereocenters. The second-order valence-electron chi connectivity index (χ2n) is 7.45. The molecule has 0 aromatic heterocycles. The van der Waals surface area contributed by atoms with Crippen LogP contribution in [0.1, 0.15) is 19.3 Å². The largest absolute Gasteiger partial charge is 0.384 e. The Labute approximate surface area is 181 Å². The summed E-state index contributed by atoms with van der Waals surface area (Å²) in [4.78, 5) is 15.0. The molecular formula is C19H26Cl2N2O5S. The Bertz CT molecular complexity index is 831. The van der Waals surface area contributed by atoms with E-state index in [1.807, 2.05) is 0 Å². The molecule has 3 atom stereocenters. The molecule has 10 heteroatoms. The fraction of sp³-hybridized carbons (Fsp3) is 0.632. The van der Waals surface area contributed by atoms with Gasteiger partial charge in [0.05, 0.1) is 18.1 Å². The topological polar surface area (TPSA) is 76.2 Å². The van der Waals surface area contributed by atoms with Crippen LogP contribution in [0.4, 0.5) is 0 Å². The third-order valence-corrected chi connectivity index (χ3v) is 7.91. The van der Waals surface area contributed by atoms with Gasteiger partial charge in [0.2, 0.25) is 15.9 Å². The zero-order valence-corrected chi connectivity index (χ0v) is 18.8. The van der Waals surface area contributed by atoms with Gasteiger partial charge in [0.25, 0.3) is 0 Å². The predicted octanol–water partition coefficient (Wildman–Crippen LogP) is 2.66. The molecule has 0 aliphatic carbocycles. The molecule has 29 heavy (non-hydrogen) atoms. The summed E-state index contributed by atoms with van der Waals surface area (Å²) in [7, 11) is -0.826. The van der Waals surface area contributed by atoms with Crippen LogP contribution in [0.25, 0.3) is 0 Å². The Hall–Kier alpha value is -0.900. The molecule has 1 aromatic carbocycles. The molecule has 2 saturated heterocycles. The van der Waals surface area contributed by atoms with Gasteiger partial charge < -0.3 is 14.4 Å². The van der Waals surface area contributed by atoms with Crippen LogP contribution in [-0.4, -0.2) is 76.1 Å². The Balaban J connectivity index is 2.07. The van der Waals surface area contributed by atoms with Crippen molar-refractivity contribution in [2.45, 2.75) is 36.2 Å². The lowest BCUT2D eigenvalue weighted by Crippen LogP contribution is -2.55. The molecule has 2 heterocycles. The van der Waals surface area contributed by atoms with Gasteiger partial charge in [0, 0.05) is 49.3 Å². The third kappa shape index (κ3) is 4.73. The van der Waals surface area contributed by atoms with Crippen molar-refractivity contribution in [3.05, 3.63) is 28.2 Å². The highest BCUT2D eigenvalue weighted by Crippen LogP contribution is 2.38. The van der Waals surface area contributed by atoms with E-state index in [1.165, 1.54) is 22.5 Å². The maximum absolute atomic E-state index is 13.6. The average molecular weight is 465 g/mol. The van der Waals surface area contributed by atoms with Gasteiger partial charge in [-0.15, -0.1) is 0 Å². The number of carbonyl (C=O) groups excluding carboxylic acids is 1. The summed E-state index contributed by atoms with van der Waals surface area (Å²) in [6, 6.07) is 3.14. The molecule has 2 fully saturated rings. The van der Waals surface area contributed by atoms with Gasteiger partial charge in [-0.1, -0.05) is 23.2 Å². The minimum absolute atomic E-state index is 0.00112. The van der Waals surface area contributed by atoms with Crippen LogP contribution in [0.15, 0.2) is 23.1 Å². The number of halogens is 2.